The number of rotatable bonds is 1. The SMILES string of the molecule is CC1CN(C(=N)C2CCCC2)CC1C. The van der Waals surface area contributed by atoms with E-state index in [1.54, 1.807) is 0 Å². The standard InChI is InChI=1S/C12H22N2/c1-9-7-14(8-10(9)2)12(13)11-5-3-4-6-11/h9-11,13H,3-8H2,1-2H3. The summed E-state index contributed by atoms with van der Waals surface area (Å²) in [6.45, 7) is 6.87. The van der Waals surface area contributed by atoms with Crippen molar-refractivity contribution in [1.29, 1.82) is 5.41 Å². The molecule has 2 fully saturated rings. The monoisotopic (exact) mass is 194 g/mol. The van der Waals surface area contributed by atoms with Crippen LogP contribution in [0.3, 0.4) is 0 Å². The summed E-state index contributed by atoms with van der Waals surface area (Å²) in [5, 5.41) is 8.19. The lowest BCUT2D eigenvalue weighted by molar-refractivity contribution is 0.451. The van der Waals surface area contributed by atoms with Crippen LogP contribution in [0.4, 0.5) is 0 Å². The van der Waals surface area contributed by atoms with Gasteiger partial charge in [-0.25, -0.2) is 0 Å². The zero-order chi connectivity index (χ0) is 10.1. The van der Waals surface area contributed by atoms with Gasteiger partial charge in [0.25, 0.3) is 0 Å². The van der Waals surface area contributed by atoms with E-state index >= 15 is 0 Å². The van der Waals surface area contributed by atoms with Gasteiger partial charge in [-0.15, -0.1) is 0 Å². The van der Waals surface area contributed by atoms with E-state index in [4.69, 9.17) is 5.41 Å². The average Bonchev–Trinajstić information content (AvgIpc) is 2.76. The first-order valence-electron chi connectivity index (χ1n) is 6.02. The Labute approximate surface area is 87.2 Å². The minimum atomic E-state index is 0.590. The summed E-state index contributed by atoms with van der Waals surface area (Å²) >= 11 is 0. The van der Waals surface area contributed by atoms with Gasteiger partial charge in [-0.1, -0.05) is 26.7 Å². The Bertz CT molecular complexity index is 208. The molecular formula is C12H22N2. The molecule has 0 amide bonds. The molecule has 2 atom stereocenters. The van der Waals surface area contributed by atoms with E-state index in [1.165, 1.54) is 25.7 Å². The Hall–Kier alpha value is -0.530. The molecule has 0 aromatic carbocycles. The number of nitrogens with zero attached hydrogens (tertiary/aromatic N) is 1. The average molecular weight is 194 g/mol. The van der Waals surface area contributed by atoms with E-state index in [-0.39, 0.29) is 0 Å². The highest BCUT2D eigenvalue weighted by Gasteiger charge is 2.31. The van der Waals surface area contributed by atoms with Crippen LogP contribution >= 0.6 is 0 Å². The fourth-order valence-electron chi connectivity index (χ4n) is 2.78. The van der Waals surface area contributed by atoms with Crippen LogP contribution in [-0.4, -0.2) is 23.8 Å². The van der Waals surface area contributed by atoms with Gasteiger partial charge in [-0.05, 0) is 24.7 Å². The van der Waals surface area contributed by atoms with Crippen molar-refractivity contribution >= 4 is 5.84 Å². The van der Waals surface area contributed by atoms with Crippen LogP contribution in [0.2, 0.25) is 0 Å². The van der Waals surface area contributed by atoms with Crippen LogP contribution in [0.15, 0.2) is 0 Å². The molecule has 1 saturated carbocycles. The van der Waals surface area contributed by atoms with Gasteiger partial charge in [-0.3, -0.25) is 5.41 Å². The third kappa shape index (κ3) is 1.79. The van der Waals surface area contributed by atoms with Gasteiger partial charge in [0.05, 0.1) is 5.84 Å². The first-order chi connectivity index (χ1) is 6.68. The summed E-state index contributed by atoms with van der Waals surface area (Å²) in [5.41, 5.74) is 0. The van der Waals surface area contributed by atoms with E-state index in [1.807, 2.05) is 0 Å². The molecular weight excluding hydrogens is 172 g/mol. The van der Waals surface area contributed by atoms with Gasteiger partial charge in [0, 0.05) is 19.0 Å². The second-order valence-corrected chi connectivity index (χ2v) is 5.23. The van der Waals surface area contributed by atoms with Gasteiger partial charge >= 0.3 is 0 Å². The van der Waals surface area contributed by atoms with E-state index in [0.29, 0.717) is 5.92 Å². The number of amidine groups is 1. The molecule has 0 aromatic rings. The highest BCUT2D eigenvalue weighted by molar-refractivity contribution is 5.82. The van der Waals surface area contributed by atoms with Gasteiger partial charge in [-0.2, -0.15) is 0 Å². The normalized spacial score (nSPS) is 34.0. The molecule has 14 heavy (non-hydrogen) atoms. The molecule has 2 unspecified atom stereocenters. The van der Waals surface area contributed by atoms with Gasteiger partial charge in [0.1, 0.15) is 0 Å². The molecule has 80 valence electrons. The zero-order valence-electron chi connectivity index (χ0n) is 9.42. The Morgan fingerprint density at radius 3 is 2.07 bits per heavy atom. The molecule has 1 aliphatic carbocycles. The second kappa shape index (κ2) is 3.92. The predicted octanol–water partition coefficient (Wildman–Crippen LogP) is 2.74. The van der Waals surface area contributed by atoms with E-state index in [2.05, 4.69) is 18.7 Å². The molecule has 0 bridgehead atoms. The Morgan fingerprint density at radius 2 is 1.57 bits per heavy atom. The van der Waals surface area contributed by atoms with Crippen molar-refractivity contribution in [3.8, 4) is 0 Å². The van der Waals surface area contributed by atoms with Crippen LogP contribution in [0.5, 0.6) is 0 Å². The fraction of sp³-hybridized carbons (Fsp3) is 0.917. The summed E-state index contributed by atoms with van der Waals surface area (Å²) in [5.74, 6) is 3.08. The fourth-order valence-corrected chi connectivity index (χ4v) is 2.78. The summed E-state index contributed by atoms with van der Waals surface area (Å²) in [6, 6.07) is 0. The largest absolute Gasteiger partial charge is 0.360 e. The minimum Gasteiger partial charge on any atom is -0.360 e. The third-order valence-electron chi connectivity index (χ3n) is 4.07. The zero-order valence-corrected chi connectivity index (χ0v) is 9.42. The Kier molecular flexibility index (Phi) is 2.80. The quantitative estimate of drug-likeness (QED) is 0.504. The minimum absolute atomic E-state index is 0.590. The highest BCUT2D eigenvalue weighted by Crippen LogP contribution is 2.30. The van der Waals surface area contributed by atoms with Gasteiger partial charge in [0.15, 0.2) is 0 Å². The van der Waals surface area contributed by atoms with Crippen molar-refractivity contribution < 1.29 is 0 Å². The van der Waals surface area contributed by atoms with Crippen molar-refractivity contribution in [3.05, 3.63) is 0 Å². The van der Waals surface area contributed by atoms with Crippen LogP contribution in [0.25, 0.3) is 0 Å². The Morgan fingerprint density at radius 1 is 1.07 bits per heavy atom. The lowest BCUT2D eigenvalue weighted by Crippen LogP contribution is -2.32. The number of hydrogen-bond donors (Lipinski definition) is 1. The maximum atomic E-state index is 8.19. The van der Waals surface area contributed by atoms with Crippen molar-refractivity contribution in [1.82, 2.24) is 4.90 Å². The van der Waals surface area contributed by atoms with Gasteiger partial charge in [0.2, 0.25) is 0 Å². The molecule has 2 aliphatic rings. The van der Waals surface area contributed by atoms with Crippen molar-refractivity contribution in [2.45, 2.75) is 39.5 Å². The predicted molar refractivity (Wildman–Crippen MR) is 59.6 cm³/mol. The maximum absolute atomic E-state index is 8.19. The molecule has 0 spiro atoms. The molecule has 1 aliphatic heterocycles. The third-order valence-corrected chi connectivity index (χ3v) is 4.07. The molecule has 0 radical (unpaired) electrons. The summed E-state index contributed by atoms with van der Waals surface area (Å²) in [4.78, 5) is 2.32. The first kappa shape index (κ1) is 10.0. The maximum Gasteiger partial charge on any atom is 0.0989 e. The van der Waals surface area contributed by atoms with Crippen LogP contribution < -0.4 is 0 Å². The summed E-state index contributed by atoms with van der Waals surface area (Å²) in [7, 11) is 0. The number of nitrogens with one attached hydrogen (secondary N) is 1. The topological polar surface area (TPSA) is 27.1 Å². The molecule has 1 saturated heterocycles. The van der Waals surface area contributed by atoms with Crippen LogP contribution in [0, 0.1) is 23.2 Å². The smallest absolute Gasteiger partial charge is 0.0989 e. The lowest BCUT2D eigenvalue weighted by Gasteiger charge is -2.23. The molecule has 1 N–H and O–H groups in total. The van der Waals surface area contributed by atoms with E-state index < -0.39 is 0 Å². The van der Waals surface area contributed by atoms with Crippen molar-refractivity contribution in [2.24, 2.45) is 17.8 Å². The van der Waals surface area contributed by atoms with Crippen LogP contribution in [0.1, 0.15) is 39.5 Å². The molecule has 2 nitrogen and oxygen atoms in total. The molecule has 1 heterocycles. The molecule has 2 rings (SSSR count). The van der Waals surface area contributed by atoms with Crippen LogP contribution in [-0.2, 0) is 0 Å². The Balaban J connectivity index is 1.92. The van der Waals surface area contributed by atoms with E-state index in [9.17, 15) is 0 Å². The number of hydrogen-bond acceptors (Lipinski definition) is 1. The lowest BCUT2D eigenvalue weighted by atomic mass is 10.0. The summed E-state index contributed by atoms with van der Waals surface area (Å²) in [6.07, 6.45) is 5.20. The summed E-state index contributed by atoms with van der Waals surface area (Å²) < 4.78 is 0. The first-order valence-corrected chi connectivity index (χ1v) is 6.02. The number of likely N-dealkylation sites (tertiary alicyclic amines) is 1. The van der Waals surface area contributed by atoms with Crippen molar-refractivity contribution in [2.75, 3.05) is 13.1 Å². The second-order valence-electron chi connectivity index (χ2n) is 5.23. The molecule has 2 heteroatoms. The van der Waals surface area contributed by atoms with Gasteiger partial charge < -0.3 is 4.90 Å². The molecule has 0 aromatic heterocycles. The van der Waals surface area contributed by atoms with Crippen molar-refractivity contribution in [3.63, 3.8) is 0 Å². The highest BCUT2D eigenvalue weighted by atomic mass is 15.2. The van der Waals surface area contributed by atoms with E-state index in [0.717, 1.165) is 30.8 Å².